The number of carbonyl (C=O) groups is 2. The third kappa shape index (κ3) is 2.81. The Balaban J connectivity index is 1.90. The minimum Gasteiger partial charge on any atom is -0.493 e. The third-order valence-corrected chi connectivity index (χ3v) is 5.33. The van der Waals surface area contributed by atoms with Crippen LogP contribution < -0.4 is 9.47 Å². The van der Waals surface area contributed by atoms with E-state index >= 15 is 0 Å². The SMILES string of the molecule is COc1ccc([C@H]2[C@H](C(=O)O)c3ccccc3C(=O)N2C2CC2)cc1OC. The summed E-state index contributed by atoms with van der Waals surface area (Å²) in [6.07, 6.45) is 1.79. The smallest absolute Gasteiger partial charge is 0.313 e. The van der Waals surface area contributed by atoms with Crippen molar-refractivity contribution in [3.05, 3.63) is 59.2 Å². The lowest BCUT2D eigenvalue weighted by Crippen LogP contribution is -2.46. The topological polar surface area (TPSA) is 76.1 Å². The third-order valence-electron chi connectivity index (χ3n) is 5.33. The lowest BCUT2D eigenvalue weighted by Gasteiger charge is -2.41. The highest BCUT2D eigenvalue weighted by atomic mass is 16.5. The van der Waals surface area contributed by atoms with E-state index in [0.29, 0.717) is 22.6 Å². The second-order valence-corrected chi connectivity index (χ2v) is 6.91. The highest BCUT2D eigenvalue weighted by Crippen LogP contribution is 2.48. The van der Waals surface area contributed by atoms with E-state index in [2.05, 4.69) is 0 Å². The molecule has 2 atom stereocenters. The molecule has 6 heteroatoms. The van der Waals surface area contributed by atoms with E-state index in [9.17, 15) is 14.7 Å². The summed E-state index contributed by atoms with van der Waals surface area (Å²) < 4.78 is 10.7. The fraction of sp³-hybridized carbons (Fsp3) is 0.333. The van der Waals surface area contributed by atoms with Crippen molar-refractivity contribution in [1.29, 1.82) is 0 Å². The van der Waals surface area contributed by atoms with Gasteiger partial charge in [0, 0.05) is 11.6 Å². The zero-order valence-corrected chi connectivity index (χ0v) is 15.2. The molecule has 6 nitrogen and oxygen atoms in total. The minimum atomic E-state index is -0.944. The molecule has 0 unspecified atom stereocenters. The number of amides is 1. The van der Waals surface area contributed by atoms with Gasteiger partial charge in [0.05, 0.1) is 20.3 Å². The van der Waals surface area contributed by atoms with Crippen LogP contribution in [0.3, 0.4) is 0 Å². The van der Waals surface area contributed by atoms with Gasteiger partial charge in [-0.05, 0) is 42.2 Å². The zero-order valence-electron chi connectivity index (χ0n) is 15.2. The zero-order chi connectivity index (χ0) is 19.1. The maximum Gasteiger partial charge on any atom is 0.313 e. The molecule has 2 aromatic carbocycles. The van der Waals surface area contributed by atoms with Crippen molar-refractivity contribution in [2.24, 2.45) is 0 Å². The molecule has 2 aliphatic rings. The molecule has 1 amide bonds. The van der Waals surface area contributed by atoms with E-state index < -0.39 is 17.9 Å². The van der Waals surface area contributed by atoms with E-state index in [1.54, 1.807) is 48.4 Å². The minimum absolute atomic E-state index is 0.0748. The fourth-order valence-electron chi connectivity index (χ4n) is 3.96. The van der Waals surface area contributed by atoms with Crippen molar-refractivity contribution in [2.75, 3.05) is 14.2 Å². The highest BCUT2D eigenvalue weighted by Gasteiger charge is 2.49. The predicted molar refractivity (Wildman–Crippen MR) is 98.3 cm³/mol. The molecule has 2 aromatic rings. The lowest BCUT2D eigenvalue weighted by atomic mass is 9.79. The van der Waals surface area contributed by atoms with Crippen LogP contribution in [0, 0.1) is 0 Å². The first kappa shape index (κ1) is 17.4. The Labute approximate surface area is 157 Å². The number of hydrogen-bond donors (Lipinski definition) is 1. The number of aliphatic carboxylic acids is 1. The summed E-state index contributed by atoms with van der Waals surface area (Å²) in [5.41, 5.74) is 1.77. The number of rotatable bonds is 5. The average molecular weight is 367 g/mol. The number of carbonyl (C=O) groups excluding carboxylic acids is 1. The van der Waals surface area contributed by atoms with E-state index in [1.165, 1.54) is 7.11 Å². The Morgan fingerprint density at radius 3 is 2.41 bits per heavy atom. The molecule has 27 heavy (non-hydrogen) atoms. The van der Waals surface area contributed by atoms with Gasteiger partial charge in [-0.25, -0.2) is 0 Å². The first-order chi connectivity index (χ1) is 13.1. The number of ether oxygens (including phenoxy) is 2. The van der Waals surface area contributed by atoms with Gasteiger partial charge in [0.2, 0.25) is 0 Å². The molecule has 1 saturated carbocycles. The van der Waals surface area contributed by atoms with Crippen LogP contribution in [0.2, 0.25) is 0 Å². The number of hydrogen-bond acceptors (Lipinski definition) is 4. The summed E-state index contributed by atoms with van der Waals surface area (Å²) >= 11 is 0. The summed E-state index contributed by atoms with van der Waals surface area (Å²) in [5.74, 6) is -0.807. The molecule has 1 aliphatic heterocycles. The molecule has 4 rings (SSSR count). The van der Waals surface area contributed by atoms with E-state index in [-0.39, 0.29) is 11.9 Å². The Kier molecular flexibility index (Phi) is 4.26. The summed E-state index contributed by atoms with van der Waals surface area (Å²) in [6.45, 7) is 0. The van der Waals surface area contributed by atoms with Crippen LogP contribution >= 0.6 is 0 Å². The van der Waals surface area contributed by atoms with Crippen LogP contribution in [0.1, 0.15) is 46.3 Å². The standard InChI is InChI=1S/C21H21NO5/c1-26-16-10-7-12(11-17(16)27-2)19-18(21(24)25)14-5-3-4-6-15(14)20(23)22(19)13-8-9-13/h3-7,10-11,13,18-19H,8-9H2,1-2H3,(H,24,25)/t18-,19+/m1/s1. The van der Waals surface area contributed by atoms with Crippen LogP contribution in [0.25, 0.3) is 0 Å². The molecule has 0 saturated heterocycles. The molecule has 0 radical (unpaired) electrons. The van der Waals surface area contributed by atoms with Crippen molar-refractivity contribution in [1.82, 2.24) is 4.90 Å². The summed E-state index contributed by atoms with van der Waals surface area (Å²) in [7, 11) is 3.09. The van der Waals surface area contributed by atoms with E-state index in [0.717, 1.165) is 18.4 Å². The molecule has 1 fully saturated rings. The number of nitrogens with zero attached hydrogens (tertiary/aromatic N) is 1. The summed E-state index contributed by atoms with van der Waals surface area (Å²) in [5, 5.41) is 10.1. The van der Waals surface area contributed by atoms with Crippen molar-refractivity contribution in [2.45, 2.75) is 30.8 Å². The Morgan fingerprint density at radius 1 is 1.07 bits per heavy atom. The van der Waals surface area contributed by atoms with Crippen LogP contribution in [-0.4, -0.2) is 42.1 Å². The molecule has 0 bridgehead atoms. The first-order valence-electron chi connectivity index (χ1n) is 8.93. The lowest BCUT2D eigenvalue weighted by molar-refractivity contribution is -0.140. The summed E-state index contributed by atoms with van der Waals surface area (Å²) in [6, 6.07) is 11.8. The van der Waals surface area contributed by atoms with Crippen LogP contribution in [0.4, 0.5) is 0 Å². The number of fused-ring (bicyclic) bond motifs is 1. The summed E-state index contributed by atoms with van der Waals surface area (Å²) in [4.78, 5) is 27.2. The highest BCUT2D eigenvalue weighted by molar-refractivity contribution is 6.00. The van der Waals surface area contributed by atoms with Gasteiger partial charge in [0.15, 0.2) is 11.5 Å². The first-order valence-corrected chi connectivity index (χ1v) is 8.93. The Hall–Kier alpha value is -3.02. The monoisotopic (exact) mass is 367 g/mol. The molecule has 0 spiro atoms. The normalized spacial score (nSPS) is 21.6. The number of benzene rings is 2. The van der Waals surface area contributed by atoms with Crippen molar-refractivity contribution in [3.63, 3.8) is 0 Å². The van der Waals surface area contributed by atoms with Gasteiger partial charge in [-0.1, -0.05) is 24.3 Å². The van der Waals surface area contributed by atoms with Crippen molar-refractivity contribution >= 4 is 11.9 Å². The second kappa shape index (κ2) is 6.61. The molecule has 1 heterocycles. The Morgan fingerprint density at radius 2 is 1.78 bits per heavy atom. The van der Waals surface area contributed by atoms with Gasteiger partial charge in [0.25, 0.3) is 5.91 Å². The molecule has 140 valence electrons. The van der Waals surface area contributed by atoms with Crippen molar-refractivity contribution in [3.8, 4) is 11.5 Å². The molecular weight excluding hydrogens is 346 g/mol. The fourth-order valence-corrected chi connectivity index (χ4v) is 3.96. The number of carboxylic acids is 1. The quantitative estimate of drug-likeness (QED) is 0.878. The van der Waals surface area contributed by atoms with Crippen LogP contribution in [0.15, 0.2) is 42.5 Å². The molecular formula is C21H21NO5. The predicted octanol–water partition coefficient (Wildman–Crippen LogP) is 3.23. The molecule has 0 aromatic heterocycles. The van der Waals surface area contributed by atoms with Gasteiger partial charge < -0.3 is 19.5 Å². The molecule has 1 aliphatic carbocycles. The van der Waals surface area contributed by atoms with E-state index in [1.807, 2.05) is 6.07 Å². The number of methoxy groups -OCH3 is 2. The second-order valence-electron chi connectivity index (χ2n) is 6.91. The van der Waals surface area contributed by atoms with Crippen LogP contribution in [0.5, 0.6) is 11.5 Å². The van der Waals surface area contributed by atoms with Crippen molar-refractivity contribution < 1.29 is 24.2 Å². The van der Waals surface area contributed by atoms with Gasteiger partial charge in [-0.15, -0.1) is 0 Å². The molecule has 1 N–H and O–H groups in total. The van der Waals surface area contributed by atoms with Gasteiger partial charge in [-0.2, -0.15) is 0 Å². The van der Waals surface area contributed by atoms with Gasteiger partial charge in [0.1, 0.15) is 5.92 Å². The Bertz CT molecular complexity index is 905. The maximum absolute atomic E-state index is 13.2. The van der Waals surface area contributed by atoms with Crippen LogP contribution in [-0.2, 0) is 4.79 Å². The van der Waals surface area contributed by atoms with Gasteiger partial charge >= 0.3 is 5.97 Å². The van der Waals surface area contributed by atoms with E-state index in [4.69, 9.17) is 9.47 Å². The average Bonchev–Trinajstić information content (AvgIpc) is 3.52. The maximum atomic E-state index is 13.2. The largest absolute Gasteiger partial charge is 0.493 e. The number of carboxylic acid groups (broad SMARTS) is 1. The van der Waals surface area contributed by atoms with Gasteiger partial charge in [-0.3, -0.25) is 9.59 Å².